The number of aryl methyl sites for hydroxylation is 2. The lowest BCUT2D eigenvalue weighted by molar-refractivity contribution is -0.117. The monoisotopic (exact) mass is 387 g/mol. The van der Waals surface area contributed by atoms with Crippen LogP contribution in [0.4, 0.5) is 5.69 Å². The second kappa shape index (κ2) is 8.40. The van der Waals surface area contributed by atoms with Gasteiger partial charge in [0.1, 0.15) is 17.4 Å². The van der Waals surface area contributed by atoms with E-state index in [1.807, 2.05) is 12.1 Å². The Hall–Kier alpha value is -3.26. The first kappa shape index (κ1) is 19.1. The molecule has 2 aliphatic rings. The van der Waals surface area contributed by atoms with Gasteiger partial charge in [0.15, 0.2) is 0 Å². The Morgan fingerprint density at radius 1 is 1.14 bits per heavy atom. The summed E-state index contributed by atoms with van der Waals surface area (Å²) in [5, 5.41) is 21.7. The van der Waals surface area contributed by atoms with Crippen molar-refractivity contribution in [1.82, 2.24) is 5.32 Å². The Kier molecular flexibility index (Phi) is 5.53. The molecule has 0 radical (unpaired) electrons. The number of nitrogens with one attached hydrogen (secondary N) is 1. The molecule has 4 rings (SSSR count). The number of nitrogens with zero attached hydrogens (tertiary/aromatic N) is 2. The number of phenols is 1. The molecule has 0 saturated heterocycles. The van der Waals surface area contributed by atoms with Crippen molar-refractivity contribution in [2.24, 2.45) is 0 Å². The smallest absolute Gasteiger partial charge is 0.261 e. The molecule has 1 amide bonds. The number of hydrogen-bond acceptors (Lipinski definition) is 4. The zero-order valence-corrected chi connectivity index (χ0v) is 16.4. The van der Waals surface area contributed by atoms with Gasteiger partial charge in [-0.2, -0.15) is 5.26 Å². The minimum absolute atomic E-state index is 0.131. The number of aromatic hydroxyl groups is 1. The summed E-state index contributed by atoms with van der Waals surface area (Å²) in [6, 6.07) is 13.2. The highest BCUT2D eigenvalue weighted by Gasteiger charge is 2.24. The van der Waals surface area contributed by atoms with E-state index in [1.54, 1.807) is 18.2 Å². The molecular formula is C24H25N3O2. The summed E-state index contributed by atoms with van der Waals surface area (Å²) in [7, 11) is 0. The van der Waals surface area contributed by atoms with Gasteiger partial charge >= 0.3 is 0 Å². The molecule has 5 nitrogen and oxygen atoms in total. The molecular weight excluding hydrogens is 362 g/mol. The predicted molar refractivity (Wildman–Crippen MR) is 114 cm³/mol. The van der Waals surface area contributed by atoms with Crippen LogP contribution in [0.5, 0.6) is 5.75 Å². The number of benzene rings is 2. The lowest BCUT2D eigenvalue weighted by Gasteiger charge is -2.37. The summed E-state index contributed by atoms with van der Waals surface area (Å²) in [6.45, 7) is 2.69. The maximum absolute atomic E-state index is 12.5. The molecule has 2 aliphatic heterocycles. The van der Waals surface area contributed by atoms with Crippen LogP contribution in [-0.2, 0) is 24.1 Å². The standard InChI is InChI=1S/C24H25N3O2/c25-16-21(24(29)26-10-9-17-5-7-22(28)8-6-17)15-18-13-19-3-1-11-27-12-2-4-20(14-18)23(19)27/h5-8,13-15,28H,1-4,9-12H2,(H,26,29)/b21-15-. The number of phenolic OH excluding ortho intramolecular Hbond substituents is 1. The lowest BCUT2D eigenvalue weighted by Crippen LogP contribution is -2.34. The summed E-state index contributed by atoms with van der Waals surface area (Å²) in [4.78, 5) is 15.0. The molecule has 2 aromatic rings. The van der Waals surface area contributed by atoms with Gasteiger partial charge in [-0.25, -0.2) is 0 Å². The van der Waals surface area contributed by atoms with Crippen LogP contribution in [0.2, 0.25) is 0 Å². The van der Waals surface area contributed by atoms with Crippen LogP contribution in [0, 0.1) is 11.3 Å². The third-order valence-electron chi connectivity index (χ3n) is 5.67. The van der Waals surface area contributed by atoms with Gasteiger partial charge in [0, 0.05) is 25.3 Å². The van der Waals surface area contributed by atoms with Crippen molar-refractivity contribution in [2.45, 2.75) is 32.1 Å². The molecule has 2 heterocycles. The quantitative estimate of drug-likeness (QED) is 0.609. The molecule has 2 aromatic carbocycles. The molecule has 148 valence electrons. The normalized spacial score (nSPS) is 15.4. The lowest BCUT2D eigenvalue weighted by atomic mass is 9.89. The van der Waals surface area contributed by atoms with E-state index in [0.717, 1.165) is 49.9 Å². The summed E-state index contributed by atoms with van der Waals surface area (Å²) >= 11 is 0. The largest absolute Gasteiger partial charge is 0.508 e. The number of hydrogen-bond donors (Lipinski definition) is 2. The molecule has 0 saturated carbocycles. The minimum Gasteiger partial charge on any atom is -0.508 e. The van der Waals surface area contributed by atoms with E-state index >= 15 is 0 Å². The van der Waals surface area contributed by atoms with Gasteiger partial charge < -0.3 is 15.3 Å². The fraction of sp³-hybridized carbons (Fsp3) is 0.333. The zero-order chi connectivity index (χ0) is 20.2. The molecule has 29 heavy (non-hydrogen) atoms. The van der Waals surface area contributed by atoms with E-state index in [-0.39, 0.29) is 17.2 Å². The Morgan fingerprint density at radius 3 is 2.41 bits per heavy atom. The van der Waals surface area contributed by atoms with Crippen molar-refractivity contribution >= 4 is 17.7 Å². The third-order valence-corrected chi connectivity index (χ3v) is 5.67. The minimum atomic E-state index is -0.348. The Morgan fingerprint density at radius 2 is 1.79 bits per heavy atom. The molecule has 0 aliphatic carbocycles. The zero-order valence-electron chi connectivity index (χ0n) is 16.4. The third kappa shape index (κ3) is 4.27. The molecule has 0 aromatic heterocycles. The topological polar surface area (TPSA) is 76.4 Å². The van der Waals surface area contributed by atoms with Gasteiger partial charge in [-0.3, -0.25) is 4.79 Å². The number of carbonyl (C=O) groups excluding carboxylic acids is 1. The molecule has 0 atom stereocenters. The van der Waals surface area contributed by atoms with E-state index in [2.05, 4.69) is 28.4 Å². The van der Waals surface area contributed by atoms with Crippen LogP contribution in [0.3, 0.4) is 0 Å². The Bertz CT molecular complexity index is 955. The molecule has 2 N–H and O–H groups in total. The fourth-order valence-electron chi connectivity index (χ4n) is 4.31. The van der Waals surface area contributed by atoms with Crippen LogP contribution in [0.25, 0.3) is 6.08 Å². The van der Waals surface area contributed by atoms with Gasteiger partial charge in [-0.1, -0.05) is 12.1 Å². The van der Waals surface area contributed by atoms with E-state index in [4.69, 9.17) is 0 Å². The first-order valence-electron chi connectivity index (χ1n) is 10.2. The SMILES string of the molecule is N#C/C(=C/c1cc2c3c(c1)CCCN3CCC2)C(=O)NCCc1ccc(O)cc1. The molecule has 0 spiro atoms. The molecule has 0 bridgehead atoms. The van der Waals surface area contributed by atoms with E-state index < -0.39 is 0 Å². The average molecular weight is 387 g/mol. The maximum atomic E-state index is 12.5. The summed E-state index contributed by atoms with van der Waals surface area (Å²) in [5.74, 6) is -0.126. The summed E-state index contributed by atoms with van der Waals surface area (Å²) < 4.78 is 0. The van der Waals surface area contributed by atoms with Gasteiger partial charge in [0.05, 0.1) is 0 Å². The number of nitriles is 1. The number of anilines is 1. The Labute approximate surface area is 171 Å². The maximum Gasteiger partial charge on any atom is 0.261 e. The van der Waals surface area contributed by atoms with E-state index in [0.29, 0.717) is 13.0 Å². The van der Waals surface area contributed by atoms with E-state index in [1.165, 1.54) is 16.8 Å². The van der Waals surface area contributed by atoms with Crippen LogP contribution in [0.1, 0.15) is 35.1 Å². The molecule has 5 heteroatoms. The van der Waals surface area contributed by atoms with Crippen molar-refractivity contribution in [2.75, 3.05) is 24.5 Å². The van der Waals surface area contributed by atoms with Crippen molar-refractivity contribution in [3.8, 4) is 11.8 Å². The van der Waals surface area contributed by atoms with Crippen molar-refractivity contribution < 1.29 is 9.90 Å². The van der Waals surface area contributed by atoms with Gasteiger partial charge in [0.2, 0.25) is 0 Å². The van der Waals surface area contributed by atoms with E-state index in [9.17, 15) is 15.2 Å². The van der Waals surface area contributed by atoms with Crippen LogP contribution in [0.15, 0.2) is 42.0 Å². The second-order valence-corrected chi connectivity index (χ2v) is 7.72. The molecule has 0 unspecified atom stereocenters. The highest BCUT2D eigenvalue weighted by molar-refractivity contribution is 6.01. The summed E-state index contributed by atoms with van der Waals surface area (Å²) in [6.07, 6.45) is 6.77. The second-order valence-electron chi connectivity index (χ2n) is 7.72. The molecule has 0 fully saturated rings. The van der Waals surface area contributed by atoms with Crippen LogP contribution >= 0.6 is 0 Å². The summed E-state index contributed by atoms with van der Waals surface area (Å²) in [5.41, 5.74) is 6.15. The number of amides is 1. The average Bonchev–Trinajstić information content (AvgIpc) is 2.74. The van der Waals surface area contributed by atoms with Crippen molar-refractivity contribution in [3.63, 3.8) is 0 Å². The van der Waals surface area contributed by atoms with Crippen molar-refractivity contribution in [3.05, 3.63) is 64.2 Å². The van der Waals surface area contributed by atoms with Crippen LogP contribution in [-0.4, -0.2) is 30.6 Å². The van der Waals surface area contributed by atoms with Gasteiger partial charge in [-0.05, 0) is 84.7 Å². The number of rotatable bonds is 5. The van der Waals surface area contributed by atoms with Crippen LogP contribution < -0.4 is 10.2 Å². The highest BCUT2D eigenvalue weighted by Crippen LogP contribution is 2.36. The fourth-order valence-corrected chi connectivity index (χ4v) is 4.31. The van der Waals surface area contributed by atoms with Gasteiger partial charge in [0.25, 0.3) is 5.91 Å². The number of carbonyl (C=O) groups is 1. The Balaban J connectivity index is 1.46. The van der Waals surface area contributed by atoms with Crippen molar-refractivity contribution in [1.29, 1.82) is 5.26 Å². The van der Waals surface area contributed by atoms with Gasteiger partial charge in [-0.15, -0.1) is 0 Å². The highest BCUT2D eigenvalue weighted by atomic mass is 16.3. The first-order chi connectivity index (χ1) is 14.1. The first-order valence-corrected chi connectivity index (χ1v) is 10.2. The predicted octanol–water partition coefficient (Wildman–Crippen LogP) is 3.36.